The van der Waals surface area contributed by atoms with Gasteiger partial charge in [0.15, 0.2) is 0 Å². The van der Waals surface area contributed by atoms with Gasteiger partial charge in [-0.1, -0.05) is 114 Å². The fraction of sp³-hybridized carbons (Fsp3) is 0.793. The Kier molecular flexibility index (Phi) is 21.4. The molecular formula is C29H52O6. The SMILES string of the molecule is CCCCCCCCCCCCCC[C@H](OCOC)[C@@H](OCOC)[C@@H](CO)OCc1ccccc1. The molecule has 6 heteroatoms. The van der Waals surface area contributed by atoms with Crippen LogP contribution in [0.3, 0.4) is 0 Å². The molecule has 0 unspecified atom stereocenters. The van der Waals surface area contributed by atoms with E-state index in [1.807, 2.05) is 30.3 Å². The van der Waals surface area contributed by atoms with Gasteiger partial charge in [-0.2, -0.15) is 0 Å². The molecule has 0 saturated heterocycles. The highest BCUT2D eigenvalue weighted by Gasteiger charge is 2.32. The maximum absolute atomic E-state index is 10.1. The number of aliphatic hydroxyl groups excluding tert-OH is 1. The quantitative estimate of drug-likeness (QED) is 0.121. The minimum absolute atomic E-state index is 0.112. The van der Waals surface area contributed by atoms with Crippen molar-refractivity contribution in [2.24, 2.45) is 0 Å². The van der Waals surface area contributed by atoms with Crippen LogP contribution in [0.5, 0.6) is 0 Å². The molecule has 0 bridgehead atoms. The van der Waals surface area contributed by atoms with E-state index in [2.05, 4.69) is 6.92 Å². The molecule has 0 spiro atoms. The number of benzene rings is 1. The normalized spacial score (nSPS) is 14.2. The molecule has 1 rings (SSSR count). The molecule has 0 heterocycles. The second-order valence-electron chi connectivity index (χ2n) is 9.34. The zero-order valence-electron chi connectivity index (χ0n) is 22.6. The van der Waals surface area contributed by atoms with Crippen LogP contribution in [0.15, 0.2) is 30.3 Å². The molecular weight excluding hydrogens is 444 g/mol. The molecule has 0 radical (unpaired) electrons. The summed E-state index contributed by atoms with van der Waals surface area (Å²) in [5, 5.41) is 10.1. The number of hydrogen-bond acceptors (Lipinski definition) is 6. The maximum Gasteiger partial charge on any atom is 0.146 e. The predicted octanol–water partition coefficient (Wildman–Crippen LogP) is 6.63. The number of aliphatic hydroxyl groups is 1. The van der Waals surface area contributed by atoms with Crippen LogP contribution in [-0.2, 0) is 30.3 Å². The van der Waals surface area contributed by atoms with Gasteiger partial charge in [-0.3, -0.25) is 0 Å². The molecule has 1 N–H and O–H groups in total. The van der Waals surface area contributed by atoms with Crippen LogP contribution in [0.25, 0.3) is 0 Å². The van der Waals surface area contributed by atoms with Crippen LogP contribution < -0.4 is 0 Å². The fourth-order valence-electron chi connectivity index (χ4n) is 4.31. The summed E-state index contributed by atoms with van der Waals surface area (Å²) in [5.74, 6) is 0. The van der Waals surface area contributed by atoms with E-state index < -0.39 is 12.2 Å². The first kappa shape index (κ1) is 32.0. The first-order chi connectivity index (χ1) is 17.3. The van der Waals surface area contributed by atoms with Crippen LogP contribution in [0, 0.1) is 0 Å². The second-order valence-corrected chi connectivity index (χ2v) is 9.34. The highest BCUT2D eigenvalue weighted by molar-refractivity contribution is 5.13. The molecule has 0 aliphatic rings. The number of ether oxygens (including phenoxy) is 5. The Hall–Kier alpha value is -1.02. The first-order valence-electron chi connectivity index (χ1n) is 13.7. The highest BCUT2D eigenvalue weighted by Crippen LogP contribution is 2.21. The van der Waals surface area contributed by atoms with Gasteiger partial charge in [0, 0.05) is 14.2 Å². The Bertz CT molecular complexity index is 555. The summed E-state index contributed by atoms with van der Waals surface area (Å²) in [6.45, 7) is 2.79. The molecule has 0 aliphatic heterocycles. The first-order valence-corrected chi connectivity index (χ1v) is 13.7. The monoisotopic (exact) mass is 496 g/mol. The molecule has 0 aromatic heterocycles. The molecule has 6 nitrogen and oxygen atoms in total. The number of rotatable bonds is 25. The average molecular weight is 497 g/mol. The second kappa shape index (κ2) is 23.4. The Balaban J connectivity index is 2.44. The van der Waals surface area contributed by atoms with Crippen molar-refractivity contribution in [1.82, 2.24) is 0 Å². The van der Waals surface area contributed by atoms with E-state index in [0.717, 1.165) is 24.8 Å². The van der Waals surface area contributed by atoms with E-state index in [-0.39, 0.29) is 26.3 Å². The molecule has 0 aliphatic carbocycles. The van der Waals surface area contributed by atoms with Gasteiger partial charge in [0.25, 0.3) is 0 Å². The van der Waals surface area contributed by atoms with Crippen LogP contribution >= 0.6 is 0 Å². The minimum Gasteiger partial charge on any atom is -0.394 e. The summed E-state index contributed by atoms with van der Waals surface area (Å²) in [7, 11) is 3.20. The van der Waals surface area contributed by atoms with E-state index in [1.165, 1.54) is 64.2 Å². The van der Waals surface area contributed by atoms with Crippen molar-refractivity contribution in [3.63, 3.8) is 0 Å². The summed E-state index contributed by atoms with van der Waals surface area (Å²) in [4.78, 5) is 0. The lowest BCUT2D eigenvalue weighted by Gasteiger charge is -2.32. The van der Waals surface area contributed by atoms with Crippen molar-refractivity contribution < 1.29 is 28.8 Å². The van der Waals surface area contributed by atoms with Gasteiger partial charge in [0.1, 0.15) is 25.8 Å². The van der Waals surface area contributed by atoms with Gasteiger partial charge in [0.05, 0.1) is 19.3 Å². The summed E-state index contributed by atoms with van der Waals surface area (Å²) in [6.07, 6.45) is 15.3. The van der Waals surface area contributed by atoms with E-state index in [9.17, 15) is 5.11 Å². The standard InChI is InChI=1S/C29H52O6/c1-4-5-6-7-8-9-10-11-12-13-14-18-21-27(34-24-31-2)29(35-25-32-3)28(22-30)33-23-26-19-16-15-17-20-26/h15-17,19-20,27-30H,4-14,18,21-25H2,1-3H3/t27-,28+,29+/m0/s1. The van der Waals surface area contributed by atoms with E-state index in [0.29, 0.717) is 6.61 Å². The molecule has 0 saturated carbocycles. The molecule has 0 fully saturated rings. The summed E-state index contributed by atoms with van der Waals surface area (Å²) >= 11 is 0. The third-order valence-electron chi connectivity index (χ3n) is 6.34. The van der Waals surface area contributed by atoms with Crippen LogP contribution in [0.4, 0.5) is 0 Å². The van der Waals surface area contributed by atoms with Crippen molar-refractivity contribution in [2.45, 2.75) is 115 Å². The topological polar surface area (TPSA) is 66.4 Å². The maximum atomic E-state index is 10.1. The van der Waals surface area contributed by atoms with Gasteiger partial charge in [-0.15, -0.1) is 0 Å². The fourth-order valence-corrected chi connectivity index (χ4v) is 4.31. The van der Waals surface area contributed by atoms with Gasteiger partial charge >= 0.3 is 0 Å². The average Bonchev–Trinajstić information content (AvgIpc) is 2.89. The molecule has 1 aromatic carbocycles. The van der Waals surface area contributed by atoms with E-state index >= 15 is 0 Å². The highest BCUT2D eigenvalue weighted by atomic mass is 16.7. The van der Waals surface area contributed by atoms with Crippen molar-refractivity contribution in [3.05, 3.63) is 35.9 Å². The Morgan fingerprint density at radius 2 is 1.20 bits per heavy atom. The molecule has 1 aromatic rings. The number of hydrogen-bond donors (Lipinski definition) is 1. The van der Waals surface area contributed by atoms with Crippen LogP contribution in [0.1, 0.15) is 96.0 Å². The van der Waals surface area contributed by atoms with Crippen molar-refractivity contribution in [2.75, 3.05) is 34.4 Å². The van der Waals surface area contributed by atoms with Gasteiger partial charge in [0.2, 0.25) is 0 Å². The van der Waals surface area contributed by atoms with Crippen molar-refractivity contribution in [1.29, 1.82) is 0 Å². The lowest BCUT2D eigenvalue weighted by molar-refractivity contribution is -0.203. The van der Waals surface area contributed by atoms with Gasteiger partial charge < -0.3 is 28.8 Å². The van der Waals surface area contributed by atoms with Gasteiger partial charge in [-0.25, -0.2) is 0 Å². The van der Waals surface area contributed by atoms with E-state index in [4.69, 9.17) is 23.7 Å². The largest absolute Gasteiger partial charge is 0.394 e. The van der Waals surface area contributed by atoms with Crippen LogP contribution in [0.2, 0.25) is 0 Å². The summed E-state index contributed by atoms with van der Waals surface area (Å²) < 4.78 is 28.3. The third kappa shape index (κ3) is 16.4. The van der Waals surface area contributed by atoms with Gasteiger partial charge in [-0.05, 0) is 12.0 Å². The third-order valence-corrected chi connectivity index (χ3v) is 6.34. The summed E-state index contributed by atoms with van der Waals surface area (Å²) in [5.41, 5.74) is 1.05. The Morgan fingerprint density at radius 3 is 1.74 bits per heavy atom. The minimum atomic E-state index is -0.524. The smallest absolute Gasteiger partial charge is 0.146 e. The Labute approximate surface area is 214 Å². The van der Waals surface area contributed by atoms with E-state index in [1.54, 1.807) is 14.2 Å². The number of methoxy groups -OCH3 is 2. The zero-order valence-corrected chi connectivity index (χ0v) is 22.6. The predicted molar refractivity (Wildman–Crippen MR) is 141 cm³/mol. The molecule has 3 atom stereocenters. The molecule has 0 amide bonds. The molecule has 204 valence electrons. The zero-order chi connectivity index (χ0) is 25.4. The number of unbranched alkanes of at least 4 members (excludes halogenated alkanes) is 11. The molecule has 35 heavy (non-hydrogen) atoms. The summed E-state index contributed by atoms with van der Waals surface area (Å²) in [6, 6.07) is 9.93. The Morgan fingerprint density at radius 1 is 0.657 bits per heavy atom. The lowest BCUT2D eigenvalue weighted by atomic mass is 10.00. The van der Waals surface area contributed by atoms with Crippen molar-refractivity contribution in [3.8, 4) is 0 Å². The van der Waals surface area contributed by atoms with Crippen molar-refractivity contribution >= 4 is 0 Å². The lowest BCUT2D eigenvalue weighted by Crippen LogP contribution is -2.45. The van der Waals surface area contributed by atoms with Crippen LogP contribution in [-0.4, -0.2) is 57.8 Å².